The molecule has 0 aliphatic rings. The van der Waals surface area contributed by atoms with Crippen molar-refractivity contribution in [2.45, 2.75) is 438 Å². The van der Waals surface area contributed by atoms with Crippen molar-refractivity contribution in [2.75, 3.05) is 13.2 Å². The Morgan fingerprint density at radius 3 is 0.551 bits per heavy atom. The Morgan fingerprint density at radius 1 is 0.256 bits per heavy atom. The standard InChI is InChI=1S/C74H147NO3/c1-5-9-13-17-21-25-29-33-37-41-45-49-53-57-61-71(62-58-54-50-46-42-38-34-30-26-22-18-14-10-6-2)67-73(69-77)75(65-66-76)74(70-78)68-72(63-59-55-51-47-43-39-35-31-27-23-19-15-11-7-3)64-60-56-52-48-44-40-36-32-28-24-20-16-12-8-4/h69-74,76H,5-68H2,1-4H3. The molecular formula is C74H147NO3. The maximum atomic E-state index is 13.3. The molecule has 2 atom stereocenters. The predicted octanol–water partition coefficient (Wildman–Crippen LogP) is 24.9. The van der Waals surface area contributed by atoms with E-state index in [1.807, 2.05) is 0 Å². The zero-order chi connectivity index (χ0) is 56.6. The number of rotatable bonds is 70. The van der Waals surface area contributed by atoms with Gasteiger partial charge in [-0.25, -0.2) is 0 Å². The number of aliphatic hydroxyl groups is 1. The SMILES string of the molecule is CCCCCCCCCCCCCCCCC(CCCCCCCCCCCCCCCC)CC(C=O)N(CCO)C(C=O)CC(CCCCCCCCCCCCCCCC)CCCCCCCCCCCCCCCC. The number of unbranched alkanes of at least 4 members (excludes halogenated alkanes) is 52. The molecule has 0 amide bonds. The molecule has 0 spiro atoms. The Bertz CT molecular complexity index is 966. The first-order valence-electron chi connectivity index (χ1n) is 36.9. The second-order valence-electron chi connectivity index (χ2n) is 26.1. The number of carbonyl (C=O) groups excluding carboxylic acids is 2. The first-order valence-corrected chi connectivity index (χ1v) is 36.9. The lowest BCUT2D eigenvalue weighted by atomic mass is 9.86. The van der Waals surface area contributed by atoms with Gasteiger partial charge in [-0.3, -0.25) is 4.90 Å². The van der Waals surface area contributed by atoms with Crippen LogP contribution in [0.1, 0.15) is 426 Å². The average Bonchev–Trinajstić information content (AvgIpc) is 3.45. The third-order valence-electron chi connectivity index (χ3n) is 18.5. The van der Waals surface area contributed by atoms with E-state index < -0.39 is 0 Å². The molecule has 0 fully saturated rings. The fourth-order valence-electron chi connectivity index (χ4n) is 13.2. The molecular weight excluding hydrogens is 951 g/mol. The van der Waals surface area contributed by atoms with Gasteiger partial charge in [0.25, 0.3) is 0 Å². The Labute approximate surface area is 492 Å². The van der Waals surface area contributed by atoms with Crippen LogP contribution in [-0.4, -0.2) is 47.8 Å². The van der Waals surface area contributed by atoms with Gasteiger partial charge in [0.05, 0.1) is 18.7 Å². The Morgan fingerprint density at radius 2 is 0.410 bits per heavy atom. The first kappa shape index (κ1) is 77.3. The van der Waals surface area contributed by atoms with Gasteiger partial charge in [0, 0.05) is 6.54 Å². The highest BCUT2D eigenvalue weighted by atomic mass is 16.3. The molecule has 0 aromatic heterocycles. The second-order valence-corrected chi connectivity index (χ2v) is 26.1. The highest BCUT2D eigenvalue weighted by molar-refractivity contribution is 5.62. The number of nitrogens with zero attached hydrogens (tertiary/aromatic N) is 1. The van der Waals surface area contributed by atoms with Gasteiger partial charge in [0.15, 0.2) is 0 Å². The zero-order valence-corrected chi connectivity index (χ0v) is 54.4. The quantitative estimate of drug-likeness (QED) is 0.0487. The van der Waals surface area contributed by atoms with E-state index in [9.17, 15) is 14.7 Å². The van der Waals surface area contributed by atoms with E-state index in [-0.39, 0.29) is 18.7 Å². The Balaban J connectivity index is 5.45. The van der Waals surface area contributed by atoms with Gasteiger partial charge in [-0.2, -0.15) is 0 Å². The summed E-state index contributed by atoms with van der Waals surface area (Å²) in [5.41, 5.74) is 0. The molecule has 1 N–H and O–H groups in total. The van der Waals surface area contributed by atoms with Gasteiger partial charge >= 0.3 is 0 Å². The van der Waals surface area contributed by atoms with Gasteiger partial charge in [-0.05, 0) is 24.7 Å². The topological polar surface area (TPSA) is 57.6 Å². The smallest absolute Gasteiger partial charge is 0.137 e. The summed E-state index contributed by atoms with van der Waals surface area (Å²) in [4.78, 5) is 28.7. The van der Waals surface area contributed by atoms with Crippen molar-refractivity contribution in [3.05, 3.63) is 0 Å². The fraction of sp³-hybridized carbons (Fsp3) is 0.973. The first-order chi connectivity index (χ1) is 38.6. The minimum atomic E-state index is -0.293. The molecule has 0 aliphatic heterocycles. The summed E-state index contributed by atoms with van der Waals surface area (Å²) >= 11 is 0. The molecule has 0 saturated heterocycles. The summed E-state index contributed by atoms with van der Waals surface area (Å²) in [6, 6.07) is -0.586. The molecule has 0 saturated carbocycles. The van der Waals surface area contributed by atoms with E-state index in [4.69, 9.17) is 0 Å². The van der Waals surface area contributed by atoms with E-state index in [1.165, 1.54) is 398 Å². The van der Waals surface area contributed by atoms with Crippen LogP contribution < -0.4 is 0 Å². The van der Waals surface area contributed by atoms with E-state index >= 15 is 0 Å². The predicted molar refractivity (Wildman–Crippen MR) is 349 cm³/mol. The third-order valence-corrected chi connectivity index (χ3v) is 18.5. The van der Waals surface area contributed by atoms with Gasteiger partial charge in [0.2, 0.25) is 0 Å². The Kier molecular flexibility index (Phi) is 66.4. The van der Waals surface area contributed by atoms with Gasteiger partial charge in [-0.15, -0.1) is 0 Å². The number of hydrogen-bond donors (Lipinski definition) is 1. The molecule has 78 heavy (non-hydrogen) atoms. The van der Waals surface area contributed by atoms with E-state index in [1.54, 1.807) is 0 Å². The van der Waals surface area contributed by atoms with Crippen molar-refractivity contribution in [3.8, 4) is 0 Å². The summed E-state index contributed by atoms with van der Waals surface area (Å²) in [5.74, 6) is 1.01. The van der Waals surface area contributed by atoms with E-state index in [0.717, 1.165) is 12.8 Å². The van der Waals surface area contributed by atoms with Crippen LogP contribution in [-0.2, 0) is 9.59 Å². The molecule has 2 unspecified atom stereocenters. The number of hydrogen-bond acceptors (Lipinski definition) is 4. The van der Waals surface area contributed by atoms with E-state index in [0.29, 0.717) is 18.4 Å². The lowest BCUT2D eigenvalue weighted by Crippen LogP contribution is -2.48. The van der Waals surface area contributed by atoms with Crippen molar-refractivity contribution < 1.29 is 14.7 Å². The van der Waals surface area contributed by atoms with Crippen LogP contribution in [0.4, 0.5) is 0 Å². The minimum absolute atomic E-state index is 0.000151. The lowest BCUT2D eigenvalue weighted by Gasteiger charge is -2.36. The molecule has 0 aromatic rings. The van der Waals surface area contributed by atoms with Crippen LogP contribution in [0.2, 0.25) is 0 Å². The van der Waals surface area contributed by atoms with Crippen LogP contribution in [0.25, 0.3) is 0 Å². The van der Waals surface area contributed by atoms with Crippen LogP contribution in [0.3, 0.4) is 0 Å². The molecule has 0 aromatic carbocycles. The maximum Gasteiger partial charge on any atom is 0.137 e. The summed E-state index contributed by atoms with van der Waals surface area (Å²) in [7, 11) is 0. The minimum Gasteiger partial charge on any atom is -0.395 e. The molecule has 466 valence electrons. The molecule has 0 bridgehead atoms. The summed E-state index contributed by atoms with van der Waals surface area (Å²) in [5, 5.41) is 10.5. The molecule has 0 aliphatic carbocycles. The molecule has 0 rings (SSSR count). The van der Waals surface area contributed by atoms with Crippen molar-refractivity contribution >= 4 is 12.6 Å². The summed E-state index contributed by atoms with van der Waals surface area (Å²) < 4.78 is 0. The summed E-state index contributed by atoms with van der Waals surface area (Å²) in [6.07, 6.45) is 86.1. The Hall–Kier alpha value is -0.740. The molecule has 0 heterocycles. The highest BCUT2D eigenvalue weighted by Crippen LogP contribution is 2.30. The van der Waals surface area contributed by atoms with Crippen molar-refractivity contribution in [2.24, 2.45) is 11.8 Å². The summed E-state index contributed by atoms with van der Waals surface area (Å²) in [6.45, 7) is 9.64. The zero-order valence-electron chi connectivity index (χ0n) is 54.4. The van der Waals surface area contributed by atoms with Crippen molar-refractivity contribution in [1.82, 2.24) is 4.90 Å². The monoisotopic (exact) mass is 1100 g/mol. The normalized spacial score (nSPS) is 12.7. The van der Waals surface area contributed by atoms with Gasteiger partial charge in [-0.1, -0.05) is 413 Å². The van der Waals surface area contributed by atoms with Crippen LogP contribution in [0, 0.1) is 11.8 Å². The van der Waals surface area contributed by atoms with Crippen LogP contribution >= 0.6 is 0 Å². The molecule has 4 heteroatoms. The average molecular weight is 1100 g/mol. The number of aliphatic hydroxyl groups excluding tert-OH is 1. The number of aldehydes is 2. The molecule has 4 nitrogen and oxygen atoms in total. The van der Waals surface area contributed by atoms with Crippen LogP contribution in [0.5, 0.6) is 0 Å². The molecule has 0 radical (unpaired) electrons. The van der Waals surface area contributed by atoms with Crippen molar-refractivity contribution in [1.29, 1.82) is 0 Å². The van der Waals surface area contributed by atoms with Gasteiger partial charge < -0.3 is 14.7 Å². The second kappa shape index (κ2) is 67.1. The van der Waals surface area contributed by atoms with Crippen LogP contribution in [0.15, 0.2) is 0 Å². The fourth-order valence-corrected chi connectivity index (χ4v) is 13.2. The number of carbonyl (C=O) groups is 2. The van der Waals surface area contributed by atoms with Crippen molar-refractivity contribution in [3.63, 3.8) is 0 Å². The van der Waals surface area contributed by atoms with Gasteiger partial charge in [0.1, 0.15) is 12.6 Å². The maximum absolute atomic E-state index is 13.3. The highest BCUT2D eigenvalue weighted by Gasteiger charge is 2.30. The lowest BCUT2D eigenvalue weighted by molar-refractivity contribution is -0.119. The largest absolute Gasteiger partial charge is 0.395 e. The third kappa shape index (κ3) is 55.8. The van der Waals surface area contributed by atoms with E-state index in [2.05, 4.69) is 32.6 Å².